The SMILES string of the molecule is O=c1[nH]c2ccc(Nc3cc(NC4CCOCC4)c([N+](=O)[O-])cc3Cl)cc2[nH]1. The molecule has 0 saturated carbocycles. The highest BCUT2D eigenvalue weighted by molar-refractivity contribution is 6.33. The Labute approximate surface area is 164 Å². The minimum absolute atomic E-state index is 0.0764. The summed E-state index contributed by atoms with van der Waals surface area (Å²) < 4.78 is 5.34. The standard InChI is InChI=1S/C18H18ClN5O4/c19-12-8-17(24(26)27)16(20-10-3-5-28-6-4-10)9-14(12)21-11-1-2-13-15(7-11)23-18(25)22-13/h1-2,7-10,20-21H,3-6H2,(H2,22,23,25). The molecule has 0 spiro atoms. The number of fused-ring (bicyclic) bond motifs is 1. The zero-order chi connectivity index (χ0) is 19.7. The maximum Gasteiger partial charge on any atom is 0.323 e. The van der Waals surface area contributed by atoms with Crippen LogP contribution in [-0.2, 0) is 4.74 Å². The van der Waals surface area contributed by atoms with Crippen molar-refractivity contribution in [1.29, 1.82) is 0 Å². The van der Waals surface area contributed by atoms with Gasteiger partial charge in [0.25, 0.3) is 5.69 Å². The Morgan fingerprint density at radius 1 is 1.11 bits per heavy atom. The molecule has 9 nitrogen and oxygen atoms in total. The van der Waals surface area contributed by atoms with E-state index in [9.17, 15) is 14.9 Å². The van der Waals surface area contributed by atoms with Crippen LogP contribution in [0.4, 0.5) is 22.7 Å². The molecule has 0 aliphatic carbocycles. The number of nitro benzene ring substituents is 1. The van der Waals surface area contributed by atoms with Crippen LogP contribution in [0.1, 0.15) is 12.8 Å². The maximum atomic E-state index is 11.5. The van der Waals surface area contributed by atoms with Crippen molar-refractivity contribution < 1.29 is 9.66 Å². The Kier molecular flexibility index (Phi) is 4.93. The van der Waals surface area contributed by atoms with Crippen LogP contribution in [0.15, 0.2) is 35.1 Å². The Morgan fingerprint density at radius 2 is 1.86 bits per heavy atom. The first-order valence-electron chi connectivity index (χ1n) is 8.81. The van der Waals surface area contributed by atoms with Crippen molar-refractivity contribution in [3.05, 3.63) is 56.0 Å². The van der Waals surface area contributed by atoms with Crippen LogP contribution >= 0.6 is 11.6 Å². The van der Waals surface area contributed by atoms with E-state index >= 15 is 0 Å². The minimum atomic E-state index is -0.450. The summed E-state index contributed by atoms with van der Waals surface area (Å²) in [6.45, 7) is 1.25. The van der Waals surface area contributed by atoms with Gasteiger partial charge in [-0.15, -0.1) is 0 Å². The number of hydrogen-bond donors (Lipinski definition) is 4. The summed E-state index contributed by atoms with van der Waals surface area (Å²) in [6.07, 6.45) is 1.56. The number of rotatable bonds is 5. The molecule has 2 aromatic carbocycles. The number of hydrogen-bond acceptors (Lipinski definition) is 6. The number of nitrogens with one attached hydrogen (secondary N) is 4. The lowest BCUT2D eigenvalue weighted by molar-refractivity contribution is -0.384. The van der Waals surface area contributed by atoms with Gasteiger partial charge in [0.2, 0.25) is 0 Å². The lowest BCUT2D eigenvalue weighted by atomic mass is 10.1. The van der Waals surface area contributed by atoms with Crippen molar-refractivity contribution in [3.8, 4) is 0 Å². The molecule has 1 aliphatic rings. The fraction of sp³-hybridized carbons (Fsp3) is 0.278. The van der Waals surface area contributed by atoms with Crippen molar-refractivity contribution in [2.24, 2.45) is 0 Å². The normalized spacial score (nSPS) is 14.9. The lowest BCUT2D eigenvalue weighted by Gasteiger charge is -2.24. The number of aromatic nitrogens is 2. The predicted molar refractivity (Wildman–Crippen MR) is 108 cm³/mol. The highest BCUT2D eigenvalue weighted by Gasteiger charge is 2.22. The quantitative estimate of drug-likeness (QED) is 0.379. The highest BCUT2D eigenvalue weighted by Crippen LogP contribution is 2.37. The van der Waals surface area contributed by atoms with Crippen LogP contribution in [0, 0.1) is 10.1 Å². The summed E-state index contributed by atoms with van der Waals surface area (Å²) in [4.78, 5) is 27.8. The molecule has 0 radical (unpaired) electrons. The zero-order valence-electron chi connectivity index (χ0n) is 14.8. The van der Waals surface area contributed by atoms with Gasteiger partial charge in [0.15, 0.2) is 0 Å². The fourth-order valence-electron chi connectivity index (χ4n) is 3.25. The molecule has 0 amide bonds. The Morgan fingerprint density at radius 3 is 2.61 bits per heavy atom. The maximum absolute atomic E-state index is 11.5. The van der Waals surface area contributed by atoms with E-state index in [1.165, 1.54) is 6.07 Å². The lowest BCUT2D eigenvalue weighted by Crippen LogP contribution is -2.28. The van der Waals surface area contributed by atoms with E-state index in [1.807, 2.05) is 0 Å². The molecule has 2 heterocycles. The van der Waals surface area contributed by atoms with Gasteiger partial charge in [-0.2, -0.15) is 0 Å². The molecule has 28 heavy (non-hydrogen) atoms. The molecule has 146 valence electrons. The number of anilines is 3. The Hall–Kier alpha value is -3.04. The van der Waals surface area contributed by atoms with E-state index in [1.54, 1.807) is 24.3 Å². The summed E-state index contributed by atoms with van der Waals surface area (Å²) in [6, 6.07) is 8.38. The third-order valence-electron chi connectivity index (χ3n) is 4.66. The van der Waals surface area contributed by atoms with Gasteiger partial charge < -0.3 is 25.3 Å². The largest absolute Gasteiger partial charge is 0.381 e. The summed E-state index contributed by atoms with van der Waals surface area (Å²) in [5.74, 6) is 0. The van der Waals surface area contributed by atoms with Gasteiger partial charge >= 0.3 is 5.69 Å². The number of benzene rings is 2. The summed E-state index contributed by atoms with van der Waals surface area (Å²) in [5.41, 5.74) is 2.59. The Balaban J connectivity index is 1.65. The Bertz CT molecular complexity index is 1090. The van der Waals surface area contributed by atoms with Gasteiger partial charge in [0.05, 0.1) is 26.7 Å². The smallest absolute Gasteiger partial charge is 0.323 e. The number of aromatic amines is 2. The van der Waals surface area contributed by atoms with E-state index in [4.69, 9.17) is 16.3 Å². The summed E-state index contributed by atoms with van der Waals surface area (Å²) >= 11 is 6.28. The van der Waals surface area contributed by atoms with E-state index in [0.29, 0.717) is 41.3 Å². The molecular weight excluding hydrogens is 386 g/mol. The van der Waals surface area contributed by atoms with Gasteiger partial charge in [0, 0.05) is 31.0 Å². The topological polar surface area (TPSA) is 125 Å². The molecule has 1 saturated heterocycles. The molecule has 3 aromatic rings. The first-order chi connectivity index (χ1) is 13.5. The second-order valence-corrected chi connectivity index (χ2v) is 7.01. The van der Waals surface area contributed by atoms with E-state index < -0.39 is 4.92 Å². The first-order valence-corrected chi connectivity index (χ1v) is 9.19. The average molecular weight is 404 g/mol. The third-order valence-corrected chi connectivity index (χ3v) is 4.97. The molecule has 1 aromatic heterocycles. The second kappa shape index (κ2) is 7.53. The zero-order valence-corrected chi connectivity index (χ0v) is 15.5. The fourth-order valence-corrected chi connectivity index (χ4v) is 3.46. The molecular formula is C18H18ClN5O4. The monoisotopic (exact) mass is 403 g/mol. The van der Waals surface area contributed by atoms with Crippen LogP contribution < -0.4 is 16.3 Å². The molecule has 10 heteroatoms. The van der Waals surface area contributed by atoms with Crippen molar-refractivity contribution in [2.75, 3.05) is 23.8 Å². The predicted octanol–water partition coefficient (Wildman–Crippen LogP) is 3.75. The van der Waals surface area contributed by atoms with Gasteiger partial charge in [-0.05, 0) is 37.1 Å². The van der Waals surface area contributed by atoms with Crippen LogP contribution in [0.3, 0.4) is 0 Å². The minimum Gasteiger partial charge on any atom is -0.381 e. The number of halogens is 1. The van der Waals surface area contributed by atoms with Crippen molar-refractivity contribution >= 4 is 45.4 Å². The highest BCUT2D eigenvalue weighted by atomic mass is 35.5. The van der Waals surface area contributed by atoms with Crippen LogP contribution in [0.25, 0.3) is 11.0 Å². The molecule has 0 unspecified atom stereocenters. The van der Waals surface area contributed by atoms with Crippen LogP contribution in [0.2, 0.25) is 5.02 Å². The number of H-pyrrole nitrogens is 2. The first kappa shape index (κ1) is 18.3. The van der Waals surface area contributed by atoms with Gasteiger partial charge in [-0.25, -0.2) is 4.79 Å². The van der Waals surface area contributed by atoms with E-state index in [2.05, 4.69) is 20.6 Å². The number of nitrogens with zero attached hydrogens (tertiary/aromatic N) is 1. The average Bonchev–Trinajstić information content (AvgIpc) is 3.04. The molecule has 1 fully saturated rings. The molecule has 0 atom stereocenters. The van der Waals surface area contributed by atoms with Gasteiger partial charge in [0.1, 0.15) is 5.69 Å². The van der Waals surface area contributed by atoms with Crippen molar-refractivity contribution in [3.63, 3.8) is 0 Å². The summed E-state index contributed by atoms with van der Waals surface area (Å²) in [5, 5.41) is 18.1. The number of nitro groups is 1. The van der Waals surface area contributed by atoms with Gasteiger partial charge in [-0.3, -0.25) is 10.1 Å². The van der Waals surface area contributed by atoms with Crippen molar-refractivity contribution in [2.45, 2.75) is 18.9 Å². The third kappa shape index (κ3) is 3.80. The second-order valence-electron chi connectivity index (χ2n) is 6.60. The van der Waals surface area contributed by atoms with E-state index in [0.717, 1.165) is 12.8 Å². The molecule has 0 bridgehead atoms. The molecule has 1 aliphatic heterocycles. The van der Waals surface area contributed by atoms with E-state index in [-0.39, 0.29) is 22.4 Å². The van der Waals surface area contributed by atoms with Crippen molar-refractivity contribution in [1.82, 2.24) is 9.97 Å². The summed E-state index contributed by atoms with van der Waals surface area (Å²) in [7, 11) is 0. The molecule has 4 rings (SSSR count). The molecule has 4 N–H and O–H groups in total. The van der Waals surface area contributed by atoms with Crippen LogP contribution in [-0.4, -0.2) is 34.1 Å². The number of ether oxygens (including phenoxy) is 1. The van der Waals surface area contributed by atoms with Gasteiger partial charge in [-0.1, -0.05) is 11.6 Å². The van der Waals surface area contributed by atoms with Crippen LogP contribution in [0.5, 0.6) is 0 Å². The number of imidazole rings is 1.